The summed E-state index contributed by atoms with van der Waals surface area (Å²) in [6.45, 7) is 4.19. The number of anilines is 1. The van der Waals surface area contributed by atoms with E-state index in [1.165, 1.54) is 25.3 Å². The predicted octanol–water partition coefficient (Wildman–Crippen LogP) is 5.50. The standard InChI is InChI=1S/C14H20BrF2N/c1-3-4-5-6-7-10(2)18-14-12(15)8-11(16)9-13(14)17/h8-10,18H,3-7H2,1-2H3. The van der Waals surface area contributed by atoms with Crippen molar-refractivity contribution in [3.05, 3.63) is 28.2 Å². The monoisotopic (exact) mass is 319 g/mol. The SMILES string of the molecule is CCCCCCC(C)Nc1c(F)cc(F)cc1Br. The Bertz CT molecular complexity index is 359. The maximum Gasteiger partial charge on any atom is 0.150 e. The molecular weight excluding hydrogens is 300 g/mol. The summed E-state index contributed by atoms with van der Waals surface area (Å²) in [4.78, 5) is 0. The quantitative estimate of drug-likeness (QED) is 0.654. The first-order valence-electron chi connectivity index (χ1n) is 6.45. The van der Waals surface area contributed by atoms with Crippen molar-refractivity contribution in [3.8, 4) is 0 Å². The summed E-state index contributed by atoms with van der Waals surface area (Å²) in [7, 11) is 0. The van der Waals surface area contributed by atoms with Crippen molar-refractivity contribution in [3.63, 3.8) is 0 Å². The predicted molar refractivity (Wildman–Crippen MR) is 75.9 cm³/mol. The summed E-state index contributed by atoms with van der Waals surface area (Å²) in [6, 6.07) is 2.35. The van der Waals surface area contributed by atoms with Crippen molar-refractivity contribution in [2.45, 2.75) is 52.0 Å². The molecule has 4 heteroatoms. The van der Waals surface area contributed by atoms with E-state index in [0.29, 0.717) is 10.2 Å². The highest BCUT2D eigenvalue weighted by atomic mass is 79.9. The molecule has 0 spiro atoms. The summed E-state index contributed by atoms with van der Waals surface area (Å²) >= 11 is 3.18. The van der Waals surface area contributed by atoms with Crippen molar-refractivity contribution in [2.75, 3.05) is 5.32 Å². The van der Waals surface area contributed by atoms with E-state index in [2.05, 4.69) is 28.2 Å². The average molecular weight is 320 g/mol. The van der Waals surface area contributed by atoms with Gasteiger partial charge in [0.1, 0.15) is 11.6 Å². The first-order chi connectivity index (χ1) is 8.54. The van der Waals surface area contributed by atoms with E-state index in [1.54, 1.807) is 0 Å². The third-order valence-corrected chi connectivity index (χ3v) is 3.51. The van der Waals surface area contributed by atoms with Crippen LogP contribution >= 0.6 is 15.9 Å². The van der Waals surface area contributed by atoms with Crippen LogP contribution in [0.2, 0.25) is 0 Å². The molecule has 1 unspecified atom stereocenters. The van der Waals surface area contributed by atoms with Crippen molar-refractivity contribution in [1.29, 1.82) is 0 Å². The lowest BCUT2D eigenvalue weighted by Gasteiger charge is -2.17. The molecule has 1 N–H and O–H groups in total. The molecular formula is C14H20BrF2N. The van der Waals surface area contributed by atoms with Gasteiger partial charge in [0.15, 0.2) is 0 Å². The highest BCUT2D eigenvalue weighted by molar-refractivity contribution is 9.10. The lowest BCUT2D eigenvalue weighted by molar-refractivity contribution is 0.571. The van der Waals surface area contributed by atoms with Crippen molar-refractivity contribution < 1.29 is 8.78 Å². The van der Waals surface area contributed by atoms with Gasteiger partial charge < -0.3 is 5.32 Å². The number of hydrogen-bond donors (Lipinski definition) is 1. The number of unbranched alkanes of at least 4 members (excludes halogenated alkanes) is 3. The molecule has 1 nitrogen and oxygen atoms in total. The maximum absolute atomic E-state index is 13.6. The van der Waals surface area contributed by atoms with Crippen LogP contribution in [0, 0.1) is 11.6 Å². The fourth-order valence-electron chi connectivity index (χ4n) is 1.88. The average Bonchev–Trinajstić information content (AvgIpc) is 2.29. The first kappa shape index (κ1) is 15.4. The van der Waals surface area contributed by atoms with Crippen LogP contribution in [0.25, 0.3) is 0 Å². The van der Waals surface area contributed by atoms with E-state index in [4.69, 9.17) is 0 Å². The Kier molecular flexibility index (Phi) is 6.61. The Morgan fingerprint density at radius 2 is 1.94 bits per heavy atom. The molecule has 0 fully saturated rings. The number of nitrogens with one attached hydrogen (secondary N) is 1. The van der Waals surface area contributed by atoms with E-state index in [0.717, 1.165) is 18.9 Å². The van der Waals surface area contributed by atoms with E-state index in [-0.39, 0.29) is 6.04 Å². The molecule has 0 aliphatic heterocycles. The maximum atomic E-state index is 13.6. The molecule has 0 aliphatic carbocycles. The van der Waals surface area contributed by atoms with Crippen molar-refractivity contribution in [1.82, 2.24) is 0 Å². The Labute approximate surface area is 116 Å². The van der Waals surface area contributed by atoms with Crippen molar-refractivity contribution >= 4 is 21.6 Å². The lowest BCUT2D eigenvalue weighted by Crippen LogP contribution is -2.16. The van der Waals surface area contributed by atoms with Crippen LogP contribution in [-0.2, 0) is 0 Å². The van der Waals surface area contributed by atoms with Gasteiger partial charge in [-0.05, 0) is 35.3 Å². The van der Waals surface area contributed by atoms with Gasteiger partial charge in [-0.25, -0.2) is 8.78 Å². The van der Waals surface area contributed by atoms with Gasteiger partial charge in [-0.2, -0.15) is 0 Å². The highest BCUT2D eigenvalue weighted by Gasteiger charge is 2.11. The van der Waals surface area contributed by atoms with Crippen LogP contribution in [-0.4, -0.2) is 6.04 Å². The fourth-order valence-corrected chi connectivity index (χ4v) is 2.40. The zero-order valence-electron chi connectivity index (χ0n) is 10.9. The van der Waals surface area contributed by atoms with Crippen LogP contribution in [0.3, 0.4) is 0 Å². The van der Waals surface area contributed by atoms with Crippen LogP contribution < -0.4 is 5.32 Å². The summed E-state index contributed by atoms with van der Waals surface area (Å²) in [5, 5.41) is 3.09. The summed E-state index contributed by atoms with van der Waals surface area (Å²) in [5.41, 5.74) is 0.347. The Hall–Kier alpha value is -0.640. The van der Waals surface area contributed by atoms with Gasteiger partial charge in [-0.3, -0.25) is 0 Å². The molecule has 0 bridgehead atoms. The van der Waals surface area contributed by atoms with Gasteiger partial charge in [0.25, 0.3) is 0 Å². The lowest BCUT2D eigenvalue weighted by atomic mass is 10.1. The zero-order valence-corrected chi connectivity index (χ0v) is 12.5. The van der Waals surface area contributed by atoms with E-state index in [9.17, 15) is 8.78 Å². The molecule has 1 rings (SSSR count). The topological polar surface area (TPSA) is 12.0 Å². The first-order valence-corrected chi connectivity index (χ1v) is 7.25. The minimum Gasteiger partial charge on any atom is -0.379 e. The summed E-state index contributed by atoms with van der Waals surface area (Å²) in [5.74, 6) is -1.12. The van der Waals surface area contributed by atoms with Gasteiger partial charge in [0.2, 0.25) is 0 Å². The number of halogens is 3. The van der Waals surface area contributed by atoms with Gasteiger partial charge in [0.05, 0.1) is 5.69 Å². The second kappa shape index (κ2) is 7.72. The van der Waals surface area contributed by atoms with Crippen molar-refractivity contribution in [2.24, 2.45) is 0 Å². The summed E-state index contributed by atoms with van der Waals surface area (Å²) < 4.78 is 26.9. The molecule has 0 saturated heterocycles. The number of benzene rings is 1. The van der Waals surface area contributed by atoms with Gasteiger partial charge in [0, 0.05) is 16.6 Å². The van der Waals surface area contributed by atoms with Crippen LogP contribution in [0.15, 0.2) is 16.6 Å². The van der Waals surface area contributed by atoms with E-state index in [1.807, 2.05) is 6.92 Å². The van der Waals surface area contributed by atoms with Gasteiger partial charge in [-0.15, -0.1) is 0 Å². The molecule has 0 aromatic heterocycles. The van der Waals surface area contributed by atoms with E-state index < -0.39 is 11.6 Å². The molecule has 0 aliphatic rings. The minimum atomic E-state index is -0.569. The molecule has 0 heterocycles. The Morgan fingerprint density at radius 3 is 2.56 bits per heavy atom. The fraction of sp³-hybridized carbons (Fsp3) is 0.571. The zero-order chi connectivity index (χ0) is 13.5. The molecule has 18 heavy (non-hydrogen) atoms. The third kappa shape index (κ3) is 4.92. The number of rotatable bonds is 7. The molecule has 0 saturated carbocycles. The smallest absolute Gasteiger partial charge is 0.150 e. The Morgan fingerprint density at radius 1 is 1.22 bits per heavy atom. The third-order valence-electron chi connectivity index (χ3n) is 2.89. The Balaban J connectivity index is 2.51. The minimum absolute atomic E-state index is 0.179. The largest absolute Gasteiger partial charge is 0.379 e. The van der Waals surface area contributed by atoms with E-state index >= 15 is 0 Å². The normalized spacial score (nSPS) is 12.5. The molecule has 0 radical (unpaired) electrons. The second-order valence-corrected chi connectivity index (χ2v) is 5.49. The summed E-state index contributed by atoms with van der Waals surface area (Å²) in [6.07, 6.45) is 5.77. The van der Waals surface area contributed by atoms with Gasteiger partial charge >= 0.3 is 0 Å². The van der Waals surface area contributed by atoms with Gasteiger partial charge in [-0.1, -0.05) is 32.6 Å². The number of hydrogen-bond acceptors (Lipinski definition) is 1. The molecule has 1 aromatic carbocycles. The molecule has 1 aromatic rings. The second-order valence-electron chi connectivity index (χ2n) is 4.64. The van der Waals surface area contributed by atoms with Crippen LogP contribution in [0.4, 0.5) is 14.5 Å². The van der Waals surface area contributed by atoms with Crippen LogP contribution in [0.5, 0.6) is 0 Å². The molecule has 102 valence electrons. The molecule has 1 atom stereocenters. The highest BCUT2D eigenvalue weighted by Crippen LogP contribution is 2.28. The van der Waals surface area contributed by atoms with Crippen LogP contribution in [0.1, 0.15) is 46.0 Å². The molecule has 0 amide bonds.